The van der Waals surface area contributed by atoms with Crippen LogP contribution in [0.2, 0.25) is 0 Å². The van der Waals surface area contributed by atoms with Crippen LogP contribution in [-0.4, -0.2) is 20.0 Å². The van der Waals surface area contributed by atoms with Crippen LogP contribution in [0.25, 0.3) is 0 Å². The molecule has 0 bridgehead atoms. The van der Waals surface area contributed by atoms with Gasteiger partial charge in [0.15, 0.2) is 0 Å². The van der Waals surface area contributed by atoms with Gasteiger partial charge in [0, 0.05) is 37.2 Å². The molecule has 0 aliphatic heterocycles. The fourth-order valence-electron chi connectivity index (χ4n) is 0. The van der Waals surface area contributed by atoms with Gasteiger partial charge in [-0.3, -0.25) is 0 Å². The highest BCUT2D eigenvalue weighted by Gasteiger charge is 1.89. The predicted octanol–water partition coefficient (Wildman–Crippen LogP) is 3.01. The van der Waals surface area contributed by atoms with Crippen LogP contribution in [0, 0.1) is 0 Å². The fraction of sp³-hybridized carbons (Fsp3) is 1.00. The molecule has 0 aromatic carbocycles. The van der Waals surface area contributed by atoms with Gasteiger partial charge in [0.25, 0.3) is 0 Å². The van der Waals surface area contributed by atoms with Crippen molar-refractivity contribution in [3.63, 3.8) is 0 Å². The SMILES string of the molecule is CP(C)(C)=O.II. The van der Waals surface area contributed by atoms with Gasteiger partial charge in [0.1, 0.15) is 0 Å². The summed E-state index contributed by atoms with van der Waals surface area (Å²) in [6, 6.07) is 0. The molecule has 0 amide bonds. The zero-order valence-corrected chi connectivity index (χ0v) is 9.82. The molecule has 0 rings (SSSR count). The minimum Gasteiger partial charge on any atom is -0.324 e. The topological polar surface area (TPSA) is 17.1 Å². The largest absolute Gasteiger partial charge is 0.324 e. The minimum absolute atomic E-state index is 1.64. The Hall–Kier alpha value is 1.69. The van der Waals surface area contributed by atoms with Crippen molar-refractivity contribution in [2.45, 2.75) is 0 Å². The van der Waals surface area contributed by atoms with E-state index in [-0.39, 0.29) is 0 Å². The molecular formula is C3H9I2OP. The van der Waals surface area contributed by atoms with E-state index in [4.69, 9.17) is 0 Å². The van der Waals surface area contributed by atoms with Crippen LogP contribution in [0.15, 0.2) is 0 Å². The molecule has 0 N–H and O–H groups in total. The minimum atomic E-state index is -1.64. The maximum Gasteiger partial charge on any atom is 0.0790 e. The highest BCUT2D eigenvalue weighted by molar-refractivity contribution is 15.0. The Morgan fingerprint density at radius 2 is 1.14 bits per heavy atom. The number of rotatable bonds is 0. The van der Waals surface area contributed by atoms with Crippen molar-refractivity contribution in [2.75, 3.05) is 20.0 Å². The zero-order valence-electron chi connectivity index (χ0n) is 4.61. The van der Waals surface area contributed by atoms with Gasteiger partial charge in [-0.05, 0) is 20.0 Å². The highest BCUT2D eigenvalue weighted by atomic mass is 128. The average Bonchev–Trinajstić information content (AvgIpc) is 1.36. The number of hydrogen-bond acceptors (Lipinski definition) is 1. The normalized spacial score (nSPS) is 9.29. The van der Waals surface area contributed by atoms with E-state index in [1.165, 1.54) is 0 Å². The highest BCUT2D eigenvalue weighted by Crippen LogP contribution is 2.28. The molecule has 0 aliphatic carbocycles. The Balaban J connectivity index is 0. The summed E-state index contributed by atoms with van der Waals surface area (Å²) in [5.41, 5.74) is 0. The van der Waals surface area contributed by atoms with Gasteiger partial charge in [-0.15, -0.1) is 0 Å². The van der Waals surface area contributed by atoms with Crippen LogP contribution < -0.4 is 0 Å². The van der Waals surface area contributed by atoms with Gasteiger partial charge in [-0.2, -0.15) is 0 Å². The molecule has 1 nitrogen and oxygen atoms in total. The van der Waals surface area contributed by atoms with Crippen LogP contribution in [0.3, 0.4) is 0 Å². The maximum absolute atomic E-state index is 10.2. The molecule has 0 heterocycles. The van der Waals surface area contributed by atoms with E-state index in [1.807, 2.05) is 0 Å². The molecule has 7 heavy (non-hydrogen) atoms. The molecule has 0 saturated carbocycles. The van der Waals surface area contributed by atoms with E-state index in [1.54, 1.807) is 20.0 Å². The predicted molar refractivity (Wildman–Crippen MR) is 53.4 cm³/mol. The van der Waals surface area contributed by atoms with E-state index in [9.17, 15) is 4.57 Å². The Labute approximate surface area is 68.3 Å². The zero-order chi connectivity index (χ0) is 6.50. The fourth-order valence-corrected chi connectivity index (χ4v) is 0. The molecule has 0 aromatic heterocycles. The van der Waals surface area contributed by atoms with Gasteiger partial charge in [0.2, 0.25) is 0 Å². The van der Waals surface area contributed by atoms with Gasteiger partial charge in [-0.25, -0.2) is 0 Å². The Kier molecular flexibility index (Phi) is 9.55. The molecule has 0 spiro atoms. The Bertz CT molecular complexity index is 59.1. The summed E-state index contributed by atoms with van der Waals surface area (Å²) >= 11 is 4.24. The van der Waals surface area contributed by atoms with E-state index >= 15 is 0 Å². The summed E-state index contributed by atoms with van der Waals surface area (Å²) in [6.45, 7) is 5.23. The first-order chi connectivity index (χ1) is 3.00. The van der Waals surface area contributed by atoms with Gasteiger partial charge >= 0.3 is 0 Å². The Morgan fingerprint density at radius 3 is 1.14 bits per heavy atom. The molecule has 0 atom stereocenters. The second-order valence-electron chi connectivity index (χ2n) is 1.89. The van der Waals surface area contributed by atoms with Crippen molar-refractivity contribution in [2.24, 2.45) is 0 Å². The maximum atomic E-state index is 10.2. The lowest BCUT2D eigenvalue weighted by molar-refractivity contribution is 0.586. The second-order valence-corrected chi connectivity index (χ2v) is 5.67. The summed E-state index contributed by atoms with van der Waals surface area (Å²) in [6.07, 6.45) is 0. The monoisotopic (exact) mass is 346 g/mol. The molecule has 0 aromatic rings. The van der Waals surface area contributed by atoms with E-state index in [0.717, 1.165) is 0 Å². The van der Waals surface area contributed by atoms with E-state index in [0.29, 0.717) is 0 Å². The van der Waals surface area contributed by atoms with Gasteiger partial charge in [0.05, 0.1) is 7.14 Å². The van der Waals surface area contributed by atoms with Crippen LogP contribution in [-0.2, 0) is 4.57 Å². The quantitative estimate of drug-likeness (QED) is 0.487. The third-order valence-corrected chi connectivity index (χ3v) is 0. The van der Waals surface area contributed by atoms with Crippen molar-refractivity contribution < 1.29 is 4.57 Å². The first kappa shape index (κ1) is 11.5. The lowest BCUT2D eigenvalue weighted by Crippen LogP contribution is -1.61. The first-order valence-electron chi connectivity index (χ1n) is 1.67. The second kappa shape index (κ2) is 5.82. The molecule has 0 radical (unpaired) electrons. The Morgan fingerprint density at radius 1 is 1.14 bits per heavy atom. The summed E-state index contributed by atoms with van der Waals surface area (Å²) in [7, 11) is -1.64. The average molecular weight is 346 g/mol. The van der Waals surface area contributed by atoms with Crippen molar-refractivity contribution >= 4 is 44.4 Å². The standard InChI is InChI=1S/C3H9OP.I2/c1-5(2,3)4;1-2/h1-3H3;. The molecule has 46 valence electrons. The van der Waals surface area contributed by atoms with E-state index < -0.39 is 7.14 Å². The molecule has 4 heteroatoms. The number of halogens is 2. The van der Waals surface area contributed by atoms with Crippen molar-refractivity contribution in [1.29, 1.82) is 0 Å². The summed E-state index contributed by atoms with van der Waals surface area (Å²) < 4.78 is 10.2. The number of hydrogen-bond donors (Lipinski definition) is 0. The van der Waals surface area contributed by atoms with Crippen molar-refractivity contribution in [1.82, 2.24) is 0 Å². The molecule has 0 unspecified atom stereocenters. The third kappa shape index (κ3) is 87.2. The molecule has 0 saturated heterocycles. The third-order valence-electron chi connectivity index (χ3n) is 0. The van der Waals surface area contributed by atoms with Crippen LogP contribution in [0.1, 0.15) is 0 Å². The van der Waals surface area contributed by atoms with Crippen molar-refractivity contribution in [3.05, 3.63) is 0 Å². The molecule has 0 aliphatic rings. The smallest absolute Gasteiger partial charge is 0.0790 e. The van der Waals surface area contributed by atoms with Crippen LogP contribution in [0.5, 0.6) is 0 Å². The molecular weight excluding hydrogens is 337 g/mol. The van der Waals surface area contributed by atoms with Gasteiger partial charge < -0.3 is 4.57 Å². The van der Waals surface area contributed by atoms with Crippen LogP contribution in [0.4, 0.5) is 0 Å². The van der Waals surface area contributed by atoms with E-state index in [2.05, 4.69) is 37.2 Å². The molecule has 0 fully saturated rings. The summed E-state index contributed by atoms with van der Waals surface area (Å²) in [5.74, 6) is 0. The summed E-state index contributed by atoms with van der Waals surface area (Å²) in [4.78, 5) is 0. The lowest BCUT2D eigenvalue weighted by Gasteiger charge is -1.86. The first-order valence-corrected chi connectivity index (χ1v) is 11.0. The van der Waals surface area contributed by atoms with Crippen LogP contribution >= 0.6 is 44.4 Å². The lowest BCUT2D eigenvalue weighted by atomic mass is 11.9. The summed E-state index contributed by atoms with van der Waals surface area (Å²) in [5, 5.41) is 0. The van der Waals surface area contributed by atoms with Crippen molar-refractivity contribution in [3.8, 4) is 0 Å². The van der Waals surface area contributed by atoms with Gasteiger partial charge in [-0.1, -0.05) is 0 Å².